The van der Waals surface area contributed by atoms with Crippen LogP contribution >= 0.6 is 23.4 Å². The molecular formula is C18H24ClN3O4S. The van der Waals surface area contributed by atoms with Crippen molar-refractivity contribution in [2.45, 2.75) is 30.3 Å². The van der Waals surface area contributed by atoms with Crippen molar-refractivity contribution in [1.82, 2.24) is 14.9 Å². The van der Waals surface area contributed by atoms with E-state index in [0.29, 0.717) is 53.8 Å². The van der Waals surface area contributed by atoms with E-state index in [1.807, 2.05) is 0 Å². The van der Waals surface area contributed by atoms with Crippen LogP contribution in [-0.2, 0) is 20.8 Å². The Hall–Kier alpha value is -1.61. The molecule has 1 amide bonds. The van der Waals surface area contributed by atoms with Crippen LogP contribution in [0.3, 0.4) is 0 Å². The molecule has 1 N–H and O–H groups in total. The summed E-state index contributed by atoms with van der Waals surface area (Å²) in [4.78, 5) is 29.8. The van der Waals surface area contributed by atoms with Gasteiger partial charge in [-0.1, -0.05) is 23.4 Å². The number of nitrogens with zero attached hydrogens (tertiary/aromatic N) is 2. The average molecular weight is 414 g/mol. The quantitative estimate of drug-likeness (QED) is 0.365. The van der Waals surface area contributed by atoms with Crippen LogP contribution in [0.5, 0.6) is 0 Å². The van der Waals surface area contributed by atoms with Gasteiger partial charge in [0.2, 0.25) is 5.91 Å². The summed E-state index contributed by atoms with van der Waals surface area (Å²) in [6.07, 6.45) is 0.666. The topological polar surface area (TPSA) is 82.4 Å². The SMILES string of the molecule is COCCCn1c(S[C@@H](C)C(=O)NCCOC)nc2cc(Cl)ccc2c1=O. The molecule has 1 heterocycles. The molecule has 2 rings (SSSR count). The summed E-state index contributed by atoms with van der Waals surface area (Å²) in [5.74, 6) is -0.138. The minimum absolute atomic E-state index is 0.138. The fraction of sp³-hybridized carbons (Fsp3) is 0.500. The van der Waals surface area contributed by atoms with Crippen LogP contribution in [-0.4, -0.2) is 54.7 Å². The lowest BCUT2D eigenvalue weighted by atomic mass is 10.2. The second-order valence-electron chi connectivity index (χ2n) is 5.90. The summed E-state index contributed by atoms with van der Waals surface area (Å²) < 4.78 is 11.6. The summed E-state index contributed by atoms with van der Waals surface area (Å²) in [6, 6.07) is 5.01. The number of thioether (sulfide) groups is 1. The first-order valence-electron chi connectivity index (χ1n) is 8.60. The van der Waals surface area contributed by atoms with Crippen LogP contribution in [0.2, 0.25) is 5.02 Å². The highest BCUT2D eigenvalue weighted by atomic mass is 35.5. The molecule has 0 radical (unpaired) electrons. The molecule has 0 aliphatic heterocycles. The number of fused-ring (bicyclic) bond motifs is 1. The number of hydrogen-bond acceptors (Lipinski definition) is 6. The lowest BCUT2D eigenvalue weighted by Gasteiger charge is -2.16. The van der Waals surface area contributed by atoms with E-state index < -0.39 is 5.25 Å². The predicted octanol–water partition coefficient (Wildman–Crippen LogP) is 2.33. The third kappa shape index (κ3) is 5.93. The Morgan fingerprint density at radius 2 is 2.07 bits per heavy atom. The van der Waals surface area contributed by atoms with Crippen LogP contribution in [0.25, 0.3) is 10.9 Å². The number of halogens is 1. The number of hydrogen-bond donors (Lipinski definition) is 1. The van der Waals surface area contributed by atoms with Crippen molar-refractivity contribution in [1.29, 1.82) is 0 Å². The average Bonchev–Trinajstić information content (AvgIpc) is 2.64. The van der Waals surface area contributed by atoms with Crippen molar-refractivity contribution in [3.05, 3.63) is 33.6 Å². The van der Waals surface area contributed by atoms with Gasteiger partial charge in [0, 0.05) is 38.9 Å². The number of ether oxygens (including phenoxy) is 2. The van der Waals surface area contributed by atoms with E-state index in [1.54, 1.807) is 43.9 Å². The zero-order chi connectivity index (χ0) is 19.8. The molecule has 0 spiro atoms. The molecule has 1 aromatic carbocycles. The van der Waals surface area contributed by atoms with Crippen molar-refractivity contribution in [3.8, 4) is 0 Å². The molecule has 0 aliphatic carbocycles. The third-order valence-corrected chi connectivity index (χ3v) is 5.19. The lowest BCUT2D eigenvalue weighted by Crippen LogP contribution is -2.34. The monoisotopic (exact) mass is 413 g/mol. The molecule has 1 atom stereocenters. The number of carbonyl (C=O) groups is 1. The normalized spacial score (nSPS) is 12.3. The Kier molecular flexibility index (Phi) is 8.56. The first kappa shape index (κ1) is 21.7. The Labute approximate surface area is 167 Å². The van der Waals surface area contributed by atoms with Crippen molar-refractivity contribution < 1.29 is 14.3 Å². The van der Waals surface area contributed by atoms with Crippen LogP contribution in [0.1, 0.15) is 13.3 Å². The number of benzene rings is 1. The van der Waals surface area contributed by atoms with Crippen LogP contribution < -0.4 is 10.9 Å². The van der Waals surface area contributed by atoms with Crippen LogP contribution in [0, 0.1) is 0 Å². The number of methoxy groups -OCH3 is 2. The van der Waals surface area contributed by atoms with Gasteiger partial charge >= 0.3 is 0 Å². The fourth-order valence-electron chi connectivity index (χ4n) is 2.46. The van der Waals surface area contributed by atoms with Crippen molar-refractivity contribution >= 4 is 40.2 Å². The molecule has 148 valence electrons. The number of aromatic nitrogens is 2. The maximum Gasteiger partial charge on any atom is 0.262 e. The second kappa shape index (κ2) is 10.7. The lowest BCUT2D eigenvalue weighted by molar-refractivity contribution is -0.120. The molecule has 7 nitrogen and oxygen atoms in total. The van der Waals surface area contributed by atoms with Gasteiger partial charge in [-0.2, -0.15) is 0 Å². The minimum Gasteiger partial charge on any atom is -0.385 e. The van der Waals surface area contributed by atoms with Crippen molar-refractivity contribution in [3.63, 3.8) is 0 Å². The molecular weight excluding hydrogens is 390 g/mol. The molecule has 1 aromatic heterocycles. The Bertz CT molecular complexity index is 843. The zero-order valence-electron chi connectivity index (χ0n) is 15.7. The molecule has 0 unspecified atom stereocenters. The molecule has 0 saturated heterocycles. The summed E-state index contributed by atoms with van der Waals surface area (Å²) >= 11 is 7.29. The van der Waals surface area contributed by atoms with Crippen LogP contribution in [0.4, 0.5) is 0 Å². The minimum atomic E-state index is -0.418. The highest BCUT2D eigenvalue weighted by Gasteiger charge is 2.19. The van der Waals surface area contributed by atoms with Gasteiger partial charge in [0.15, 0.2) is 5.16 Å². The summed E-state index contributed by atoms with van der Waals surface area (Å²) in [5, 5.41) is 3.87. The highest BCUT2D eigenvalue weighted by Crippen LogP contribution is 2.24. The van der Waals surface area contributed by atoms with E-state index in [-0.39, 0.29) is 11.5 Å². The van der Waals surface area contributed by atoms with Gasteiger partial charge in [0.1, 0.15) is 0 Å². The number of amides is 1. The van der Waals surface area contributed by atoms with Gasteiger partial charge in [-0.3, -0.25) is 14.2 Å². The molecule has 0 bridgehead atoms. The molecule has 0 saturated carbocycles. The van der Waals surface area contributed by atoms with Gasteiger partial charge in [0.05, 0.1) is 22.8 Å². The van der Waals surface area contributed by atoms with E-state index in [2.05, 4.69) is 10.3 Å². The van der Waals surface area contributed by atoms with Crippen molar-refractivity contribution in [2.24, 2.45) is 0 Å². The van der Waals surface area contributed by atoms with E-state index >= 15 is 0 Å². The molecule has 9 heteroatoms. The Balaban J connectivity index is 2.32. The summed E-state index contributed by atoms with van der Waals surface area (Å²) in [7, 11) is 3.19. The zero-order valence-corrected chi connectivity index (χ0v) is 17.2. The maximum absolute atomic E-state index is 12.9. The predicted molar refractivity (Wildman–Crippen MR) is 108 cm³/mol. The van der Waals surface area contributed by atoms with Gasteiger partial charge < -0.3 is 14.8 Å². The molecule has 0 fully saturated rings. The summed E-state index contributed by atoms with van der Waals surface area (Å²) in [6.45, 7) is 3.64. The number of carbonyl (C=O) groups excluding carboxylic acids is 1. The molecule has 0 aliphatic rings. The summed E-state index contributed by atoms with van der Waals surface area (Å²) in [5.41, 5.74) is 0.368. The standard InChI is InChI=1S/C18H24ClN3O4S/c1-12(16(23)20-7-10-26-3)27-18-21-15-11-13(19)5-6-14(15)17(24)22(18)8-4-9-25-2/h5-6,11-12H,4,7-10H2,1-3H3,(H,20,23)/t12-/m0/s1. The first-order chi connectivity index (χ1) is 13.0. The highest BCUT2D eigenvalue weighted by molar-refractivity contribution is 8.00. The van der Waals surface area contributed by atoms with Gasteiger partial charge in [-0.05, 0) is 31.5 Å². The number of nitrogens with one attached hydrogen (secondary N) is 1. The Morgan fingerprint density at radius 1 is 1.33 bits per heavy atom. The van der Waals surface area contributed by atoms with Crippen LogP contribution in [0.15, 0.2) is 28.2 Å². The van der Waals surface area contributed by atoms with Gasteiger partial charge in [-0.25, -0.2) is 4.98 Å². The fourth-order valence-corrected chi connectivity index (χ4v) is 3.59. The second-order valence-corrected chi connectivity index (χ2v) is 7.65. The smallest absolute Gasteiger partial charge is 0.262 e. The van der Waals surface area contributed by atoms with E-state index in [9.17, 15) is 9.59 Å². The largest absolute Gasteiger partial charge is 0.385 e. The Morgan fingerprint density at radius 3 is 2.78 bits per heavy atom. The molecule has 2 aromatic rings. The molecule has 27 heavy (non-hydrogen) atoms. The first-order valence-corrected chi connectivity index (χ1v) is 9.86. The van der Waals surface area contributed by atoms with Crippen molar-refractivity contribution in [2.75, 3.05) is 34.0 Å². The van der Waals surface area contributed by atoms with E-state index in [4.69, 9.17) is 21.1 Å². The van der Waals surface area contributed by atoms with Gasteiger partial charge in [-0.15, -0.1) is 0 Å². The van der Waals surface area contributed by atoms with E-state index in [0.717, 1.165) is 0 Å². The van der Waals surface area contributed by atoms with E-state index in [1.165, 1.54) is 11.8 Å². The number of rotatable bonds is 10. The third-order valence-electron chi connectivity index (χ3n) is 3.87. The van der Waals surface area contributed by atoms with Gasteiger partial charge in [0.25, 0.3) is 5.56 Å². The maximum atomic E-state index is 12.9.